The molecule has 12 heavy (non-hydrogen) atoms. The Balaban J connectivity index is 2.34. The van der Waals surface area contributed by atoms with E-state index < -0.39 is 0 Å². The molecule has 0 aromatic heterocycles. The largest absolute Gasteiger partial charge is 0.295 e. The van der Waals surface area contributed by atoms with Crippen LogP contribution in [-0.4, -0.2) is 11.8 Å². The molecule has 0 radical (unpaired) electrons. The number of fused-ring (bicyclic) bond motifs is 1. The molecule has 3 heteroatoms. The molecular weight excluding hydrogens is 152 g/mol. The van der Waals surface area contributed by atoms with Crippen molar-refractivity contribution < 1.29 is 4.79 Å². The zero-order chi connectivity index (χ0) is 8.55. The number of hydrogen-bond acceptors (Lipinski definition) is 3. The number of allylic oxidation sites excluding steroid dienone is 2. The van der Waals surface area contributed by atoms with E-state index >= 15 is 0 Å². The van der Waals surface area contributed by atoms with Crippen LogP contribution in [0.5, 0.6) is 0 Å². The highest BCUT2D eigenvalue weighted by Crippen LogP contribution is 2.23. The molecule has 0 aromatic carbocycles. The van der Waals surface area contributed by atoms with Crippen molar-refractivity contribution in [3.63, 3.8) is 0 Å². The molecule has 2 rings (SSSR count). The van der Waals surface area contributed by atoms with E-state index in [0.29, 0.717) is 0 Å². The van der Waals surface area contributed by atoms with Crippen LogP contribution in [0, 0.1) is 0 Å². The molecule has 0 amide bonds. The monoisotopic (exact) mass is 160 g/mol. The van der Waals surface area contributed by atoms with Crippen LogP contribution in [0.25, 0.3) is 0 Å². The van der Waals surface area contributed by atoms with Crippen molar-refractivity contribution in [3.05, 3.63) is 35.6 Å². The Morgan fingerprint density at radius 3 is 3.17 bits per heavy atom. The molecule has 0 bridgehead atoms. The van der Waals surface area contributed by atoms with Crippen LogP contribution in [0.1, 0.15) is 6.92 Å². The van der Waals surface area contributed by atoms with E-state index in [1.54, 1.807) is 19.2 Å². The van der Waals surface area contributed by atoms with Crippen molar-refractivity contribution in [2.24, 2.45) is 10.2 Å². The first-order chi connectivity index (χ1) is 5.77. The quantitative estimate of drug-likeness (QED) is 0.576. The van der Waals surface area contributed by atoms with Crippen molar-refractivity contribution >= 4 is 5.78 Å². The predicted molar refractivity (Wildman–Crippen MR) is 44.6 cm³/mol. The number of ketones is 1. The van der Waals surface area contributed by atoms with Crippen molar-refractivity contribution in [3.8, 4) is 0 Å². The first-order valence-electron chi connectivity index (χ1n) is 3.78. The molecular formula is C9H8N2O. The van der Waals surface area contributed by atoms with Crippen LogP contribution in [0.3, 0.4) is 0 Å². The fraction of sp³-hybridized carbons (Fsp3) is 0.222. The Bertz CT molecular complexity index is 348. The van der Waals surface area contributed by atoms with Crippen molar-refractivity contribution in [1.82, 2.24) is 0 Å². The van der Waals surface area contributed by atoms with Gasteiger partial charge in [-0.25, -0.2) is 0 Å². The first-order valence-corrected chi connectivity index (χ1v) is 3.78. The van der Waals surface area contributed by atoms with Crippen LogP contribution in [0.2, 0.25) is 0 Å². The van der Waals surface area contributed by atoms with Gasteiger partial charge in [-0.1, -0.05) is 12.2 Å². The molecule has 1 aliphatic heterocycles. The molecule has 1 aliphatic carbocycles. The fourth-order valence-corrected chi connectivity index (χ4v) is 1.23. The maximum atomic E-state index is 11.0. The highest BCUT2D eigenvalue weighted by molar-refractivity contribution is 5.97. The second-order valence-electron chi connectivity index (χ2n) is 2.82. The van der Waals surface area contributed by atoms with E-state index in [1.165, 1.54) is 0 Å². The lowest BCUT2D eigenvalue weighted by molar-refractivity contribution is -0.113. The van der Waals surface area contributed by atoms with Gasteiger partial charge in [0.2, 0.25) is 0 Å². The SMILES string of the molecule is CC(=O)C1=CC2=CN=N[C@@H]2C=C1. The van der Waals surface area contributed by atoms with Gasteiger partial charge in [-0.2, -0.15) is 10.2 Å². The number of carbonyl (C=O) groups excluding carboxylic acids is 1. The van der Waals surface area contributed by atoms with Crippen molar-refractivity contribution in [2.45, 2.75) is 13.0 Å². The van der Waals surface area contributed by atoms with Gasteiger partial charge in [0.15, 0.2) is 5.78 Å². The third kappa shape index (κ3) is 1.03. The zero-order valence-electron chi connectivity index (χ0n) is 6.69. The standard InChI is InChI=1S/C9H8N2O/c1-6(12)7-2-3-9-8(4-7)5-10-11-9/h2-5,9H,1H3/t9-/m1/s1. The molecule has 3 nitrogen and oxygen atoms in total. The average Bonchev–Trinajstić information content (AvgIpc) is 2.49. The van der Waals surface area contributed by atoms with Gasteiger partial charge in [-0.3, -0.25) is 4.79 Å². The third-order valence-electron chi connectivity index (χ3n) is 1.93. The van der Waals surface area contributed by atoms with Gasteiger partial charge < -0.3 is 0 Å². The maximum Gasteiger partial charge on any atom is 0.159 e. The van der Waals surface area contributed by atoms with Gasteiger partial charge in [0.05, 0.1) is 6.20 Å². The Morgan fingerprint density at radius 2 is 2.42 bits per heavy atom. The lowest BCUT2D eigenvalue weighted by Gasteiger charge is -2.08. The molecule has 1 atom stereocenters. The van der Waals surface area contributed by atoms with Crippen LogP contribution < -0.4 is 0 Å². The zero-order valence-corrected chi connectivity index (χ0v) is 6.69. The van der Waals surface area contributed by atoms with E-state index in [0.717, 1.165) is 11.1 Å². The molecule has 0 unspecified atom stereocenters. The number of carbonyl (C=O) groups is 1. The van der Waals surface area contributed by atoms with Crippen LogP contribution in [0.15, 0.2) is 45.8 Å². The van der Waals surface area contributed by atoms with Gasteiger partial charge in [0, 0.05) is 11.1 Å². The molecule has 0 fully saturated rings. The summed E-state index contributed by atoms with van der Waals surface area (Å²) in [7, 11) is 0. The summed E-state index contributed by atoms with van der Waals surface area (Å²) in [6.45, 7) is 1.56. The Morgan fingerprint density at radius 1 is 1.58 bits per heavy atom. The van der Waals surface area contributed by atoms with Gasteiger partial charge in [-0.05, 0) is 13.0 Å². The molecule has 0 N–H and O–H groups in total. The van der Waals surface area contributed by atoms with Crippen molar-refractivity contribution in [2.75, 3.05) is 0 Å². The van der Waals surface area contributed by atoms with Gasteiger partial charge in [0.25, 0.3) is 0 Å². The second kappa shape index (κ2) is 2.52. The first kappa shape index (κ1) is 7.16. The van der Waals surface area contributed by atoms with Gasteiger partial charge >= 0.3 is 0 Å². The minimum atomic E-state index is 0.0492. The topological polar surface area (TPSA) is 41.8 Å². The second-order valence-corrected chi connectivity index (χ2v) is 2.82. The lowest BCUT2D eigenvalue weighted by atomic mass is 9.97. The molecule has 0 saturated carbocycles. The van der Waals surface area contributed by atoms with Crippen LogP contribution in [-0.2, 0) is 4.79 Å². The number of azo groups is 1. The van der Waals surface area contributed by atoms with Gasteiger partial charge in [0.1, 0.15) is 6.04 Å². The summed E-state index contributed by atoms with van der Waals surface area (Å²) in [5.74, 6) is 0.0810. The maximum absolute atomic E-state index is 11.0. The summed E-state index contributed by atoms with van der Waals surface area (Å²) in [4.78, 5) is 11.0. The lowest BCUT2D eigenvalue weighted by Crippen LogP contribution is -2.07. The number of rotatable bonds is 1. The minimum Gasteiger partial charge on any atom is -0.295 e. The summed E-state index contributed by atoms with van der Waals surface area (Å²) >= 11 is 0. The Kier molecular flexibility index (Phi) is 1.50. The smallest absolute Gasteiger partial charge is 0.159 e. The van der Waals surface area contributed by atoms with E-state index in [1.807, 2.05) is 12.2 Å². The Hall–Kier alpha value is -1.51. The fourth-order valence-electron chi connectivity index (χ4n) is 1.23. The summed E-state index contributed by atoms with van der Waals surface area (Å²) < 4.78 is 0. The van der Waals surface area contributed by atoms with Gasteiger partial charge in [-0.15, -0.1) is 0 Å². The van der Waals surface area contributed by atoms with E-state index in [-0.39, 0.29) is 11.8 Å². The molecule has 2 aliphatic rings. The highest BCUT2D eigenvalue weighted by Gasteiger charge is 2.17. The molecule has 60 valence electrons. The summed E-state index contributed by atoms with van der Waals surface area (Å²) in [5.41, 5.74) is 1.73. The molecule has 0 saturated heterocycles. The average molecular weight is 160 g/mol. The summed E-state index contributed by atoms with van der Waals surface area (Å²) in [5, 5.41) is 7.72. The minimum absolute atomic E-state index is 0.0492. The summed E-state index contributed by atoms with van der Waals surface area (Å²) in [6.07, 6.45) is 7.22. The number of Topliss-reactive ketones (excluding diaryl/α,β-unsaturated/α-hetero) is 1. The van der Waals surface area contributed by atoms with E-state index in [9.17, 15) is 4.79 Å². The van der Waals surface area contributed by atoms with Crippen LogP contribution >= 0.6 is 0 Å². The number of hydrogen-bond donors (Lipinski definition) is 0. The normalized spacial score (nSPS) is 24.9. The van der Waals surface area contributed by atoms with E-state index in [4.69, 9.17) is 0 Å². The number of nitrogens with zero attached hydrogens (tertiary/aromatic N) is 2. The summed E-state index contributed by atoms with van der Waals surface area (Å²) in [6, 6.07) is 0.0492. The van der Waals surface area contributed by atoms with Crippen molar-refractivity contribution in [1.29, 1.82) is 0 Å². The van der Waals surface area contributed by atoms with Crippen LogP contribution in [0.4, 0.5) is 0 Å². The third-order valence-corrected chi connectivity index (χ3v) is 1.93. The molecule has 1 heterocycles. The highest BCUT2D eigenvalue weighted by atomic mass is 16.1. The molecule has 0 spiro atoms. The Labute approximate surface area is 70.2 Å². The van der Waals surface area contributed by atoms with E-state index in [2.05, 4.69) is 10.2 Å². The predicted octanol–water partition coefficient (Wildman–Crippen LogP) is 1.79. The molecule has 0 aromatic rings.